The standard InChI is InChI=1S/C13H26N2O2/c1-11(2)9-12(16)15-7-5-14(6-8-15)10-13(3,4)17/h11,17H,5-10H2,1-4H3. The van der Waals surface area contributed by atoms with Gasteiger partial charge in [0, 0.05) is 39.1 Å². The minimum Gasteiger partial charge on any atom is -0.389 e. The van der Waals surface area contributed by atoms with Crippen LogP contribution in [0.1, 0.15) is 34.1 Å². The lowest BCUT2D eigenvalue weighted by Gasteiger charge is -2.37. The summed E-state index contributed by atoms with van der Waals surface area (Å²) in [5.74, 6) is 0.694. The molecule has 4 nitrogen and oxygen atoms in total. The van der Waals surface area contributed by atoms with Gasteiger partial charge in [0.25, 0.3) is 0 Å². The Bertz CT molecular complexity index is 251. The van der Waals surface area contributed by atoms with Gasteiger partial charge in [0.1, 0.15) is 0 Å². The van der Waals surface area contributed by atoms with Gasteiger partial charge in [0.2, 0.25) is 5.91 Å². The molecular formula is C13H26N2O2. The lowest BCUT2D eigenvalue weighted by molar-refractivity contribution is -0.134. The Morgan fingerprint density at radius 2 is 1.76 bits per heavy atom. The minimum atomic E-state index is -0.649. The highest BCUT2D eigenvalue weighted by Crippen LogP contribution is 2.11. The molecule has 0 saturated carbocycles. The highest BCUT2D eigenvalue weighted by molar-refractivity contribution is 5.76. The first-order valence-corrected chi connectivity index (χ1v) is 6.50. The molecule has 100 valence electrons. The Balaban J connectivity index is 2.33. The Labute approximate surface area is 105 Å². The van der Waals surface area contributed by atoms with Crippen LogP contribution in [-0.4, -0.2) is 59.1 Å². The molecule has 1 saturated heterocycles. The molecule has 0 aliphatic carbocycles. The molecule has 1 N–H and O–H groups in total. The zero-order chi connectivity index (χ0) is 13.1. The molecule has 0 spiro atoms. The number of amides is 1. The molecule has 0 aromatic carbocycles. The van der Waals surface area contributed by atoms with Crippen molar-refractivity contribution in [2.45, 2.75) is 39.7 Å². The molecule has 1 fully saturated rings. The fourth-order valence-corrected chi connectivity index (χ4v) is 2.18. The van der Waals surface area contributed by atoms with Crippen LogP contribution in [0.15, 0.2) is 0 Å². The van der Waals surface area contributed by atoms with Gasteiger partial charge in [0.05, 0.1) is 5.60 Å². The van der Waals surface area contributed by atoms with E-state index in [2.05, 4.69) is 18.7 Å². The SMILES string of the molecule is CC(C)CC(=O)N1CCN(CC(C)(C)O)CC1. The van der Waals surface area contributed by atoms with Crippen LogP contribution in [0.2, 0.25) is 0 Å². The Morgan fingerprint density at radius 1 is 1.24 bits per heavy atom. The third kappa shape index (κ3) is 5.50. The van der Waals surface area contributed by atoms with E-state index in [4.69, 9.17) is 0 Å². The predicted molar refractivity (Wildman–Crippen MR) is 68.8 cm³/mol. The van der Waals surface area contributed by atoms with Gasteiger partial charge in [-0.3, -0.25) is 9.69 Å². The van der Waals surface area contributed by atoms with E-state index in [9.17, 15) is 9.90 Å². The normalized spacial score (nSPS) is 18.8. The van der Waals surface area contributed by atoms with Crippen LogP contribution in [0, 0.1) is 5.92 Å². The summed E-state index contributed by atoms with van der Waals surface area (Å²) in [7, 11) is 0. The summed E-state index contributed by atoms with van der Waals surface area (Å²) in [5.41, 5.74) is -0.649. The summed E-state index contributed by atoms with van der Waals surface area (Å²) < 4.78 is 0. The average Bonchev–Trinajstić information content (AvgIpc) is 2.15. The maximum absolute atomic E-state index is 11.9. The lowest BCUT2D eigenvalue weighted by atomic mass is 10.1. The lowest BCUT2D eigenvalue weighted by Crippen LogP contribution is -2.52. The molecule has 17 heavy (non-hydrogen) atoms. The number of carbonyl (C=O) groups is 1. The van der Waals surface area contributed by atoms with Gasteiger partial charge in [-0.2, -0.15) is 0 Å². The quantitative estimate of drug-likeness (QED) is 0.798. The summed E-state index contributed by atoms with van der Waals surface area (Å²) in [4.78, 5) is 16.0. The van der Waals surface area contributed by atoms with Crippen LogP contribution >= 0.6 is 0 Å². The Hall–Kier alpha value is -0.610. The van der Waals surface area contributed by atoms with E-state index in [1.165, 1.54) is 0 Å². The molecular weight excluding hydrogens is 216 g/mol. The molecule has 0 aromatic heterocycles. The van der Waals surface area contributed by atoms with Crippen LogP contribution in [0.3, 0.4) is 0 Å². The van der Waals surface area contributed by atoms with Crippen molar-refractivity contribution in [3.8, 4) is 0 Å². The van der Waals surface area contributed by atoms with E-state index in [1.807, 2.05) is 18.7 Å². The summed E-state index contributed by atoms with van der Waals surface area (Å²) >= 11 is 0. The van der Waals surface area contributed by atoms with Gasteiger partial charge >= 0.3 is 0 Å². The van der Waals surface area contributed by atoms with Gasteiger partial charge in [0.15, 0.2) is 0 Å². The fourth-order valence-electron chi connectivity index (χ4n) is 2.18. The Kier molecular flexibility index (Phi) is 4.95. The van der Waals surface area contributed by atoms with E-state index >= 15 is 0 Å². The van der Waals surface area contributed by atoms with Crippen molar-refractivity contribution in [1.29, 1.82) is 0 Å². The summed E-state index contributed by atoms with van der Waals surface area (Å²) in [5, 5.41) is 9.74. The second kappa shape index (κ2) is 5.83. The number of nitrogens with zero attached hydrogens (tertiary/aromatic N) is 2. The smallest absolute Gasteiger partial charge is 0.222 e. The molecule has 0 atom stereocenters. The van der Waals surface area contributed by atoms with Gasteiger partial charge in [-0.15, -0.1) is 0 Å². The van der Waals surface area contributed by atoms with E-state index in [0.717, 1.165) is 26.2 Å². The Morgan fingerprint density at radius 3 is 2.18 bits per heavy atom. The maximum Gasteiger partial charge on any atom is 0.222 e. The van der Waals surface area contributed by atoms with Crippen molar-refractivity contribution >= 4 is 5.91 Å². The third-order valence-electron chi connectivity index (χ3n) is 2.92. The van der Waals surface area contributed by atoms with E-state index in [1.54, 1.807) is 0 Å². The first kappa shape index (κ1) is 14.5. The molecule has 1 rings (SSSR count). The van der Waals surface area contributed by atoms with Gasteiger partial charge < -0.3 is 10.0 Å². The molecule has 0 aromatic rings. The molecule has 0 unspecified atom stereocenters. The maximum atomic E-state index is 11.9. The van der Waals surface area contributed by atoms with Crippen LogP contribution in [0.25, 0.3) is 0 Å². The number of piperazine rings is 1. The van der Waals surface area contributed by atoms with Crippen molar-refractivity contribution < 1.29 is 9.90 Å². The van der Waals surface area contributed by atoms with Crippen molar-refractivity contribution in [2.24, 2.45) is 5.92 Å². The topological polar surface area (TPSA) is 43.8 Å². The molecule has 4 heteroatoms. The van der Waals surface area contributed by atoms with Crippen LogP contribution in [-0.2, 0) is 4.79 Å². The van der Waals surface area contributed by atoms with Crippen LogP contribution in [0.4, 0.5) is 0 Å². The second-order valence-corrected chi connectivity index (χ2v) is 6.07. The highest BCUT2D eigenvalue weighted by Gasteiger charge is 2.24. The molecule has 1 amide bonds. The van der Waals surface area contributed by atoms with E-state index in [-0.39, 0.29) is 5.91 Å². The largest absolute Gasteiger partial charge is 0.389 e. The number of rotatable bonds is 4. The minimum absolute atomic E-state index is 0.267. The number of hydrogen-bond donors (Lipinski definition) is 1. The molecule has 1 aliphatic heterocycles. The molecule has 0 radical (unpaired) electrons. The number of hydrogen-bond acceptors (Lipinski definition) is 3. The first-order chi connectivity index (χ1) is 7.78. The zero-order valence-electron chi connectivity index (χ0n) is 11.6. The fraction of sp³-hybridized carbons (Fsp3) is 0.923. The predicted octanol–water partition coefficient (Wildman–Crippen LogP) is 0.948. The summed E-state index contributed by atoms with van der Waals surface area (Å²) in [6.45, 7) is 11.8. The van der Waals surface area contributed by atoms with Crippen molar-refractivity contribution in [3.63, 3.8) is 0 Å². The van der Waals surface area contributed by atoms with Crippen LogP contribution < -0.4 is 0 Å². The van der Waals surface area contributed by atoms with Crippen molar-refractivity contribution in [1.82, 2.24) is 9.80 Å². The third-order valence-corrected chi connectivity index (χ3v) is 2.92. The monoisotopic (exact) mass is 242 g/mol. The molecule has 1 heterocycles. The van der Waals surface area contributed by atoms with Gasteiger partial charge in [-0.05, 0) is 19.8 Å². The highest BCUT2D eigenvalue weighted by atomic mass is 16.3. The number of carbonyl (C=O) groups excluding carboxylic acids is 1. The summed E-state index contributed by atoms with van der Waals surface area (Å²) in [6, 6.07) is 0. The summed E-state index contributed by atoms with van der Waals surface area (Å²) in [6.07, 6.45) is 0.644. The number of aliphatic hydroxyl groups is 1. The molecule has 0 bridgehead atoms. The molecule has 1 aliphatic rings. The van der Waals surface area contributed by atoms with Crippen LogP contribution in [0.5, 0.6) is 0 Å². The van der Waals surface area contributed by atoms with Crippen molar-refractivity contribution in [2.75, 3.05) is 32.7 Å². The number of β-amino-alcohol motifs (C(OH)–C–C–N with tert-alkyl or cyclic N) is 1. The average molecular weight is 242 g/mol. The van der Waals surface area contributed by atoms with Crippen molar-refractivity contribution in [3.05, 3.63) is 0 Å². The second-order valence-electron chi connectivity index (χ2n) is 6.07. The van der Waals surface area contributed by atoms with Gasteiger partial charge in [-0.1, -0.05) is 13.8 Å². The van der Waals surface area contributed by atoms with E-state index in [0.29, 0.717) is 18.9 Å². The zero-order valence-corrected chi connectivity index (χ0v) is 11.6. The van der Waals surface area contributed by atoms with E-state index < -0.39 is 5.60 Å². The van der Waals surface area contributed by atoms with Gasteiger partial charge in [-0.25, -0.2) is 0 Å². The first-order valence-electron chi connectivity index (χ1n) is 6.50.